The molecule has 0 atom stereocenters. The Hall–Kier alpha value is -5.09. The molecule has 0 saturated carbocycles. The van der Waals surface area contributed by atoms with Crippen LogP contribution in [-0.4, -0.2) is 88.6 Å². The third-order valence-electron chi connectivity index (χ3n) is 7.72. The SMILES string of the molecule is COc1cc(Nc2ncc3c(=O)n4n(c3n2)-c2ccc3c(n2)N(CCC#CC4)C(=O)CO3)ccc1N1CCN(C)CC1. The molecule has 42 heavy (non-hydrogen) atoms. The molecule has 214 valence electrons. The van der Waals surface area contributed by atoms with Crippen molar-refractivity contribution in [1.82, 2.24) is 29.2 Å². The maximum absolute atomic E-state index is 13.5. The van der Waals surface area contributed by atoms with Gasteiger partial charge in [-0.2, -0.15) is 4.98 Å². The lowest BCUT2D eigenvalue weighted by Crippen LogP contribution is -2.44. The first-order valence-corrected chi connectivity index (χ1v) is 13.8. The van der Waals surface area contributed by atoms with Crippen molar-refractivity contribution in [1.29, 1.82) is 0 Å². The standard InChI is InChI=1S/C29H29N9O4/c1-34-12-14-35(15-13-34)21-7-6-19(16-23(21)41-2)31-29-30-17-20-26(33-29)38-24-9-8-22-27(32-24)36(25(39)18-42-22)10-4-3-5-11-37(38)28(20)40/h6-9,16-17H,4,10-15,18H2,1-2H3,(H,30,31,33). The normalized spacial score (nSPS) is 16.7. The lowest BCUT2D eigenvalue weighted by molar-refractivity contribution is -0.121. The Balaban J connectivity index is 1.28. The summed E-state index contributed by atoms with van der Waals surface area (Å²) in [6.07, 6.45) is 1.95. The summed E-state index contributed by atoms with van der Waals surface area (Å²) in [5.74, 6) is 8.29. The molecule has 1 saturated heterocycles. The van der Waals surface area contributed by atoms with Crippen molar-refractivity contribution >= 4 is 40.1 Å². The molecule has 7 rings (SSSR count). The number of amides is 1. The maximum Gasteiger partial charge on any atom is 0.279 e. The van der Waals surface area contributed by atoms with Gasteiger partial charge in [-0.05, 0) is 31.3 Å². The second kappa shape index (κ2) is 10.4. The Morgan fingerprint density at radius 2 is 1.88 bits per heavy atom. The third-order valence-corrected chi connectivity index (χ3v) is 7.72. The van der Waals surface area contributed by atoms with Gasteiger partial charge in [-0.3, -0.25) is 14.5 Å². The minimum atomic E-state index is -0.285. The van der Waals surface area contributed by atoms with Gasteiger partial charge in [-0.15, -0.1) is 0 Å². The van der Waals surface area contributed by atoms with Crippen molar-refractivity contribution in [3.8, 4) is 29.2 Å². The van der Waals surface area contributed by atoms with Crippen LogP contribution in [0.4, 0.5) is 23.1 Å². The number of carbonyl (C=O) groups is 1. The molecule has 2 bridgehead atoms. The van der Waals surface area contributed by atoms with Crippen LogP contribution in [0.15, 0.2) is 41.3 Å². The molecule has 6 heterocycles. The predicted molar refractivity (Wildman–Crippen MR) is 157 cm³/mol. The summed E-state index contributed by atoms with van der Waals surface area (Å²) in [7, 11) is 3.79. The quantitative estimate of drug-likeness (QED) is 0.364. The molecule has 0 spiro atoms. The van der Waals surface area contributed by atoms with E-state index in [0.29, 0.717) is 47.3 Å². The molecule has 1 N–H and O–H groups in total. The summed E-state index contributed by atoms with van der Waals surface area (Å²) < 4.78 is 14.5. The van der Waals surface area contributed by atoms with Gasteiger partial charge < -0.3 is 24.6 Å². The van der Waals surface area contributed by atoms with Crippen molar-refractivity contribution < 1.29 is 14.3 Å². The molecule has 3 aliphatic heterocycles. The van der Waals surface area contributed by atoms with Crippen LogP contribution in [0, 0.1) is 11.8 Å². The number of likely N-dealkylation sites (N-methyl/N-ethyl adjacent to an activating group) is 1. The van der Waals surface area contributed by atoms with Crippen LogP contribution >= 0.6 is 0 Å². The lowest BCUT2D eigenvalue weighted by atomic mass is 10.2. The van der Waals surface area contributed by atoms with E-state index < -0.39 is 0 Å². The van der Waals surface area contributed by atoms with Gasteiger partial charge in [0.05, 0.1) is 12.8 Å². The first-order valence-electron chi connectivity index (χ1n) is 13.8. The van der Waals surface area contributed by atoms with Crippen LogP contribution in [0.25, 0.3) is 16.9 Å². The number of carbonyl (C=O) groups excluding carboxylic acids is 1. The topological polar surface area (TPSA) is 123 Å². The van der Waals surface area contributed by atoms with Crippen LogP contribution in [0.1, 0.15) is 6.42 Å². The van der Waals surface area contributed by atoms with Crippen LogP contribution in [-0.2, 0) is 11.3 Å². The van der Waals surface area contributed by atoms with Gasteiger partial charge in [0.1, 0.15) is 17.7 Å². The molecular formula is C29H29N9O4. The summed E-state index contributed by atoms with van der Waals surface area (Å²) in [5, 5.41) is 3.58. The lowest BCUT2D eigenvalue weighted by Gasteiger charge is -2.34. The number of rotatable bonds is 4. The smallest absolute Gasteiger partial charge is 0.279 e. The van der Waals surface area contributed by atoms with Gasteiger partial charge >= 0.3 is 0 Å². The van der Waals surface area contributed by atoms with E-state index in [9.17, 15) is 9.59 Å². The van der Waals surface area contributed by atoms with Gasteiger partial charge in [-0.25, -0.2) is 19.3 Å². The summed E-state index contributed by atoms with van der Waals surface area (Å²) in [6.45, 7) is 4.29. The zero-order valence-electron chi connectivity index (χ0n) is 23.3. The highest BCUT2D eigenvalue weighted by Gasteiger charge is 2.28. The molecule has 0 unspecified atom stereocenters. The van der Waals surface area contributed by atoms with Crippen molar-refractivity contribution in [3.05, 3.63) is 46.9 Å². The van der Waals surface area contributed by atoms with E-state index in [1.165, 1.54) is 10.9 Å². The van der Waals surface area contributed by atoms with Crippen LogP contribution in [0.5, 0.6) is 11.5 Å². The zero-order chi connectivity index (χ0) is 28.8. The van der Waals surface area contributed by atoms with Crippen molar-refractivity contribution in [2.75, 3.05) is 68.6 Å². The molecule has 3 aliphatic rings. The van der Waals surface area contributed by atoms with E-state index in [0.717, 1.165) is 43.3 Å². The number of nitrogens with zero attached hydrogens (tertiary/aromatic N) is 8. The summed E-state index contributed by atoms with van der Waals surface area (Å²) in [4.78, 5) is 46.2. The highest BCUT2D eigenvalue weighted by Crippen LogP contribution is 2.34. The predicted octanol–water partition coefficient (Wildman–Crippen LogP) is 1.61. The number of anilines is 4. The molecule has 1 aromatic carbocycles. The number of pyridine rings is 1. The number of ether oxygens (including phenoxy) is 2. The Labute approximate surface area is 241 Å². The third kappa shape index (κ3) is 4.46. The summed E-state index contributed by atoms with van der Waals surface area (Å²) >= 11 is 0. The molecule has 4 aromatic rings. The minimum absolute atomic E-state index is 0.0536. The van der Waals surface area contributed by atoms with E-state index in [2.05, 4.69) is 39.0 Å². The van der Waals surface area contributed by atoms with Gasteiger partial charge in [0.15, 0.2) is 29.6 Å². The largest absolute Gasteiger partial charge is 0.495 e. The molecule has 13 heteroatoms. The van der Waals surface area contributed by atoms with Gasteiger partial charge in [0.25, 0.3) is 11.5 Å². The van der Waals surface area contributed by atoms with Crippen molar-refractivity contribution in [2.24, 2.45) is 0 Å². The zero-order valence-corrected chi connectivity index (χ0v) is 23.3. The Bertz CT molecular complexity index is 1830. The first kappa shape index (κ1) is 25.8. The summed E-state index contributed by atoms with van der Waals surface area (Å²) in [6, 6.07) is 9.41. The number of piperazine rings is 1. The van der Waals surface area contributed by atoms with Gasteiger partial charge in [0.2, 0.25) is 5.95 Å². The van der Waals surface area contributed by atoms with E-state index in [-0.39, 0.29) is 24.6 Å². The number of fused-ring (bicyclic) bond motifs is 5. The highest BCUT2D eigenvalue weighted by molar-refractivity contribution is 5.96. The van der Waals surface area contributed by atoms with Crippen LogP contribution in [0.3, 0.4) is 0 Å². The molecule has 1 amide bonds. The summed E-state index contributed by atoms with van der Waals surface area (Å²) in [5.41, 5.74) is 1.85. The van der Waals surface area contributed by atoms with E-state index in [1.54, 1.807) is 28.8 Å². The number of aromatic nitrogens is 5. The Kier molecular flexibility index (Phi) is 6.39. The number of hydrogen-bond donors (Lipinski definition) is 1. The second-order valence-corrected chi connectivity index (χ2v) is 10.3. The number of hydrogen-bond acceptors (Lipinski definition) is 10. The highest BCUT2D eigenvalue weighted by atomic mass is 16.5. The van der Waals surface area contributed by atoms with Crippen molar-refractivity contribution in [3.63, 3.8) is 0 Å². The van der Waals surface area contributed by atoms with Crippen LogP contribution < -0.4 is 30.1 Å². The first-order chi connectivity index (χ1) is 20.5. The Morgan fingerprint density at radius 3 is 2.71 bits per heavy atom. The second-order valence-electron chi connectivity index (χ2n) is 10.3. The fraction of sp³-hybridized carbons (Fsp3) is 0.345. The van der Waals surface area contributed by atoms with E-state index >= 15 is 0 Å². The molecule has 13 nitrogen and oxygen atoms in total. The molecule has 3 aromatic heterocycles. The molecule has 0 radical (unpaired) electrons. The molecular weight excluding hydrogens is 538 g/mol. The molecule has 1 fully saturated rings. The Morgan fingerprint density at radius 1 is 1.02 bits per heavy atom. The monoisotopic (exact) mass is 567 g/mol. The van der Waals surface area contributed by atoms with Gasteiger partial charge in [0, 0.05) is 57.1 Å². The fourth-order valence-electron chi connectivity index (χ4n) is 5.46. The minimum Gasteiger partial charge on any atom is -0.495 e. The maximum atomic E-state index is 13.5. The van der Waals surface area contributed by atoms with Gasteiger partial charge in [-0.1, -0.05) is 11.8 Å². The van der Waals surface area contributed by atoms with E-state index in [1.807, 2.05) is 18.2 Å². The number of nitrogens with one attached hydrogen (secondary N) is 1. The average Bonchev–Trinajstić information content (AvgIpc) is 3.26. The van der Waals surface area contributed by atoms with Crippen LogP contribution in [0.2, 0.25) is 0 Å². The number of benzene rings is 1. The average molecular weight is 568 g/mol. The van der Waals surface area contributed by atoms with E-state index in [4.69, 9.17) is 19.4 Å². The fourth-order valence-corrected chi connectivity index (χ4v) is 5.46. The number of methoxy groups -OCH3 is 1. The molecule has 0 aliphatic carbocycles. The van der Waals surface area contributed by atoms with Crippen molar-refractivity contribution in [2.45, 2.75) is 13.0 Å².